The molecule has 0 aromatic heterocycles. The molecule has 0 spiro atoms. The Hall–Kier alpha value is -1.61. The largest absolute Gasteiger partial charge is 0.500 e. The Morgan fingerprint density at radius 2 is 1.35 bits per heavy atom. The van der Waals surface area contributed by atoms with Crippen LogP contribution in [-0.4, -0.2) is 52.6 Å². The van der Waals surface area contributed by atoms with Crippen molar-refractivity contribution in [2.75, 3.05) is 26.4 Å². The van der Waals surface area contributed by atoms with E-state index in [1.807, 2.05) is 34.6 Å². The standard InChI is InChI=1S/C23H39NO6Si/c1-9-28-31(29-10-2,30-11-3)14-12-13-24-19(25)15-23(7,8)20-18(6)21(26)16(4)17(5)22(20)27/h9-15H2,1-8H3,(H,24,25). The zero-order valence-corrected chi connectivity index (χ0v) is 21.4. The maximum atomic E-state index is 12.8. The van der Waals surface area contributed by atoms with Crippen molar-refractivity contribution in [3.63, 3.8) is 0 Å². The second-order valence-corrected chi connectivity index (χ2v) is 11.1. The van der Waals surface area contributed by atoms with E-state index in [2.05, 4.69) is 5.32 Å². The lowest BCUT2D eigenvalue weighted by molar-refractivity contribution is -0.123. The summed E-state index contributed by atoms with van der Waals surface area (Å²) in [6.45, 7) is 16.4. The number of allylic oxidation sites excluding steroid dienone is 4. The van der Waals surface area contributed by atoms with Crippen LogP contribution >= 0.6 is 0 Å². The Morgan fingerprint density at radius 1 is 0.871 bits per heavy atom. The van der Waals surface area contributed by atoms with Gasteiger partial charge in [-0.25, -0.2) is 0 Å². The average Bonchev–Trinajstić information content (AvgIpc) is 2.68. The highest BCUT2D eigenvalue weighted by molar-refractivity contribution is 6.60. The van der Waals surface area contributed by atoms with Crippen LogP contribution in [0.5, 0.6) is 0 Å². The van der Waals surface area contributed by atoms with Crippen LogP contribution < -0.4 is 5.32 Å². The molecule has 0 aromatic rings. The van der Waals surface area contributed by atoms with Gasteiger partial charge in [0.1, 0.15) is 0 Å². The summed E-state index contributed by atoms with van der Waals surface area (Å²) in [6, 6.07) is 0.618. The average molecular weight is 454 g/mol. The van der Waals surface area contributed by atoms with Gasteiger partial charge in [0, 0.05) is 66.5 Å². The summed E-state index contributed by atoms with van der Waals surface area (Å²) in [6.07, 6.45) is 0.786. The molecule has 7 nitrogen and oxygen atoms in total. The second kappa shape index (κ2) is 11.9. The Balaban J connectivity index is 2.73. The highest BCUT2D eigenvalue weighted by Crippen LogP contribution is 2.38. The summed E-state index contributed by atoms with van der Waals surface area (Å²) in [4.78, 5) is 37.9. The van der Waals surface area contributed by atoms with Crippen molar-refractivity contribution in [2.45, 2.75) is 74.3 Å². The summed E-state index contributed by atoms with van der Waals surface area (Å²) in [5.41, 5.74) is 1.07. The second-order valence-electron chi connectivity index (χ2n) is 8.40. The van der Waals surface area contributed by atoms with E-state index in [9.17, 15) is 14.4 Å². The maximum Gasteiger partial charge on any atom is 0.500 e. The van der Waals surface area contributed by atoms with Crippen molar-refractivity contribution in [3.8, 4) is 0 Å². The molecule has 0 saturated heterocycles. The van der Waals surface area contributed by atoms with Crippen LogP contribution in [0.25, 0.3) is 0 Å². The van der Waals surface area contributed by atoms with Crippen LogP contribution in [-0.2, 0) is 27.7 Å². The van der Waals surface area contributed by atoms with Gasteiger partial charge in [-0.3, -0.25) is 14.4 Å². The number of carbonyl (C=O) groups is 3. The number of amides is 1. The van der Waals surface area contributed by atoms with Gasteiger partial charge in [0.05, 0.1) is 0 Å². The van der Waals surface area contributed by atoms with Crippen molar-refractivity contribution < 1.29 is 27.7 Å². The fourth-order valence-electron chi connectivity index (χ4n) is 3.99. The Bertz CT molecular complexity index is 736. The molecule has 176 valence electrons. The molecule has 0 saturated carbocycles. The van der Waals surface area contributed by atoms with Crippen molar-refractivity contribution in [1.29, 1.82) is 0 Å². The van der Waals surface area contributed by atoms with E-state index in [1.54, 1.807) is 20.8 Å². The van der Waals surface area contributed by atoms with Crippen LogP contribution in [0.4, 0.5) is 0 Å². The molecule has 0 aromatic carbocycles. The van der Waals surface area contributed by atoms with Gasteiger partial charge in [-0.05, 0) is 48.0 Å². The molecule has 1 aliphatic rings. The SMILES string of the molecule is CCO[Si](CCCNC(=O)CC(C)(C)C1=C(C)C(=O)C(C)=C(C)C1=O)(OCC)OCC. The molecule has 0 fully saturated rings. The molecule has 0 radical (unpaired) electrons. The van der Waals surface area contributed by atoms with Crippen LogP contribution in [0.2, 0.25) is 6.04 Å². The molecule has 0 bridgehead atoms. The molecular formula is C23H39NO6Si. The molecule has 0 atom stereocenters. The first-order valence-electron chi connectivity index (χ1n) is 11.1. The number of Topliss-reactive ketones (excluding diaryl/α,β-unsaturated/α-hetero) is 2. The maximum absolute atomic E-state index is 12.8. The quantitative estimate of drug-likeness (QED) is 0.259. The third kappa shape index (κ3) is 6.93. The van der Waals surface area contributed by atoms with Crippen molar-refractivity contribution in [2.24, 2.45) is 5.41 Å². The molecular weight excluding hydrogens is 414 g/mol. The van der Waals surface area contributed by atoms with E-state index in [0.29, 0.717) is 61.1 Å². The van der Waals surface area contributed by atoms with Gasteiger partial charge >= 0.3 is 8.80 Å². The summed E-state index contributed by atoms with van der Waals surface area (Å²) in [5, 5.41) is 2.92. The summed E-state index contributed by atoms with van der Waals surface area (Å²) >= 11 is 0. The third-order valence-electron chi connectivity index (χ3n) is 5.54. The fraction of sp³-hybridized carbons (Fsp3) is 0.696. The zero-order chi connectivity index (χ0) is 23.8. The monoisotopic (exact) mass is 453 g/mol. The van der Waals surface area contributed by atoms with Gasteiger partial charge in [-0.15, -0.1) is 0 Å². The minimum absolute atomic E-state index is 0.121. The first-order valence-corrected chi connectivity index (χ1v) is 13.1. The Kier molecular flexibility index (Phi) is 10.5. The molecule has 1 amide bonds. The fourth-order valence-corrected chi connectivity index (χ4v) is 6.61. The van der Waals surface area contributed by atoms with Gasteiger partial charge in [-0.1, -0.05) is 13.8 Å². The topological polar surface area (TPSA) is 90.9 Å². The van der Waals surface area contributed by atoms with Crippen molar-refractivity contribution in [1.82, 2.24) is 5.32 Å². The summed E-state index contributed by atoms with van der Waals surface area (Å²) in [7, 11) is -2.73. The normalized spacial score (nSPS) is 15.7. The molecule has 0 aliphatic heterocycles. The summed E-state index contributed by atoms with van der Waals surface area (Å²) < 4.78 is 17.5. The Morgan fingerprint density at radius 3 is 1.84 bits per heavy atom. The van der Waals surface area contributed by atoms with Gasteiger partial charge in [-0.2, -0.15) is 0 Å². The van der Waals surface area contributed by atoms with Gasteiger partial charge in [0.25, 0.3) is 0 Å². The highest BCUT2D eigenvalue weighted by atomic mass is 28.4. The number of nitrogens with one attached hydrogen (secondary N) is 1. The van der Waals surface area contributed by atoms with E-state index in [-0.39, 0.29) is 23.9 Å². The minimum Gasteiger partial charge on any atom is -0.374 e. The number of carbonyl (C=O) groups excluding carboxylic acids is 3. The zero-order valence-electron chi connectivity index (χ0n) is 20.4. The van der Waals surface area contributed by atoms with E-state index < -0.39 is 14.2 Å². The van der Waals surface area contributed by atoms with Crippen molar-refractivity contribution >= 4 is 26.3 Å². The van der Waals surface area contributed by atoms with E-state index in [0.717, 1.165) is 0 Å². The first kappa shape index (κ1) is 27.4. The number of ketones is 2. The molecule has 1 N–H and O–H groups in total. The molecule has 0 unspecified atom stereocenters. The van der Waals surface area contributed by atoms with Crippen LogP contribution in [0.15, 0.2) is 22.3 Å². The summed E-state index contributed by atoms with van der Waals surface area (Å²) in [5.74, 6) is -0.427. The van der Waals surface area contributed by atoms with Gasteiger partial charge in [0.15, 0.2) is 11.6 Å². The lowest BCUT2D eigenvalue weighted by Crippen LogP contribution is -2.46. The number of hydrogen-bond acceptors (Lipinski definition) is 6. The minimum atomic E-state index is -2.73. The lowest BCUT2D eigenvalue weighted by Gasteiger charge is -2.31. The highest BCUT2D eigenvalue weighted by Gasteiger charge is 2.40. The van der Waals surface area contributed by atoms with E-state index in [4.69, 9.17) is 13.3 Å². The molecule has 1 aliphatic carbocycles. The smallest absolute Gasteiger partial charge is 0.374 e. The van der Waals surface area contributed by atoms with Gasteiger partial charge < -0.3 is 18.6 Å². The van der Waals surface area contributed by atoms with Crippen molar-refractivity contribution in [3.05, 3.63) is 22.3 Å². The van der Waals surface area contributed by atoms with Gasteiger partial charge in [0.2, 0.25) is 5.91 Å². The molecule has 1 rings (SSSR count). The molecule has 31 heavy (non-hydrogen) atoms. The lowest BCUT2D eigenvalue weighted by atomic mass is 9.71. The van der Waals surface area contributed by atoms with Crippen LogP contribution in [0, 0.1) is 5.41 Å². The predicted molar refractivity (Wildman–Crippen MR) is 123 cm³/mol. The van der Waals surface area contributed by atoms with Crippen LogP contribution in [0.1, 0.15) is 68.2 Å². The van der Waals surface area contributed by atoms with E-state index >= 15 is 0 Å². The first-order chi connectivity index (χ1) is 14.5. The van der Waals surface area contributed by atoms with E-state index in [1.165, 1.54) is 0 Å². The number of hydrogen-bond donors (Lipinski definition) is 1. The van der Waals surface area contributed by atoms with Crippen LogP contribution in [0.3, 0.4) is 0 Å². The molecule has 0 heterocycles. The third-order valence-corrected chi connectivity index (χ3v) is 8.69. The predicted octanol–water partition coefficient (Wildman–Crippen LogP) is 3.76. The molecule has 8 heteroatoms. The number of rotatable bonds is 13. The Labute approximate surface area is 188 Å².